The lowest BCUT2D eigenvalue weighted by atomic mass is 10.0. The number of aromatic nitrogens is 8. The fourth-order valence-corrected chi connectivity index (χ4v) is 13.8. The third-order valence-corrected chi connectivity index (χ3v) is 18.9. The molecule has 0 fully saturated rings. The van der Waals surface area contributed by atoms with E-state index in [2.05, 4.69) is 109 Å². The third-order valence-electron chi connectivity index (χ3n) is 18.9. The molecule has 8 aromatic heterocycles. The van der Waals surface area contributed by atoms with E-state index < -0.39 is 59.2 Å². The van der Waals surface area contributed by atoms with Crippen molar-refractivity contribution in [1.29, 1.82) is 0 Å². The zero-order chi connectivity index (χ0) is 85.0. The predicted octanol–water partition coefficient (Wildman–Crippen LogP) is 18.1. The summed E-state index contributed by atoms with van der Waals surface area (Å²) in [4.78, 5) is 25.1. The van der Waals surface area contributed by atoms with Gasteiger partial charge in [-0.25, -0.2) is 0 Å². The van der Waals surface area contributed by atoms with E-state index >= 15 is 0 Å². The third kappa shape index (κ3) is 16.9. The maximum atomic E-state index is 8.93. The minimum Gasteiger partial charge on any atom is -0.344 e. The van der Waals surface area contributed by atoms with Gasteiger partial charge in [0.05, 0.1) is 8.22 Å². The SMILES string of the molecule is C.C.C.C.[2H]C([2H])([2H])c1ccc(C([2H])([2H])C([2H])([2H])n2c3c(c4cc(C)ccc42)CN(C)CC3)cn1.[2H]C([2H])([2H])c1ccc(C([2H])([2H])Cn2c3c(c4cc(C)ccc42)CN(C)CC3)cn1.[2H]C([2H])([2H])c1ccc(CC([2H])([2H])n2c3c(c4cc(C)ccc42)CN(C)CC3)cn1.[2H]C([2H])(c1ccc(C)nc1)C([2H])([2H])n1c2c(c3cc(C)ccc31)CN(C)CC2. The lowest BCUT2D eigenvalue weighted by Gasteiger charge is -2.24. The van der Waals surface area contributed by atoms with Gasteiger partial charge < -0.3 is 37.9 Å². The van der Waals surface area contributed by atoms with Crippen molar-refractivity contribution in [3.05, 3.63) is 258 Å². The molecule has 0 amide bonds. The minimum absolute atomic E-state index is 0. The molecule has 4 aliphatic heterocycles. The molecule has 0 radical (unpaired) electrons. The second-order valence-electron chi connectivity index (χ2n) is 26.4. The molecule has 0 bridgehead atoms. The molecule has 100 heavy (non-hydrogen) atoms. The number of hydrogen-bond donors (Lipinski definition) is 0. The van der Waals surface area contributed by atoms with Crippen LogP contribution >= 0.6 is 0 Å². The molecule has 16 rings (SSSR count). The van der Waals surface area contributed by atoms with Crippen molar-refractivity contribution in [2.75, 3.05) is 54.4 Å². The van der Waals surface area contributed by atoms with Crippen LogP contribution in [0.1, 0.15) is 171 Å². The van der Waals surface area contributed by atoms with Gasteiger partial charge in [0.1, 0.15) is 0 Å². The molecule has 0 saturated carbocycles. The normalized spacial score (nSPS) is 18.7. The topological polar surface area (TPSA) is 84.2 Å². The van der Waals surface area contributed by atoms with Gasteiger partial charge in [0, 0.05) is 239 Å². The van der Waals surface area contributed by atoms with Gasteiger partial charge in [-0.1, -0.05) is 100 Å². The Kier molecular flexibility index (Phi) is 17.2. The number of pyridine rings is 4. The second-order valence-corrected chi connectivity index (χ2v) is 26.4. The van der Waals surface area contributed by atoms with Crippen molar-refractivity contribution in [3.63, 3.8) is 0 Å². The molecule has 12 aromatic rings. The standard InChI is InChI=1S/4C21H25N3.4CH4/c4*1-15-4-7-20-18(12-15)19-14-23(3)10-9-21(19)24(20)11-8-17-6-5-16(2)22-13-17;;;;/h4*4-7,12-13H,8-11,14H2,1-3H3;4*1H4/i2D3,8D2,11D2;8D2,11D2;2D3,11D2;2D3,8D2;;;;. The van der Waals surface area contributed by atoms with Crippen molar-refractivity contribution in [2.24, 2.45) is 0 Å². The Morgan fingerprint density at radius 2 is 0.630 bits per heavy atom. The molecule has 0 unspecified atom stereocenters. The Morgan fingerprint density at radius 3 is 0.950 bits per heavy atom. The maximum Gasteiger partial charge on any atom is 0.0501 e. The molecule has 4 aliphatic rings. The Balaban J connectivity index is 0.000000181. The first-order valence-electron chi connectivity index (χ1n) is 43.7. The minimum atomic E-state index is -2.44. The number of aryl methyl sites for hydroxylation is 16. The number of rotatable bonds is 12. The summed E-state index contributed by atoms with van der Waals surface area (Å²) in [5, 5.41) is 4.27. The first-order valence-corrected chi connectivity index (χ1v) is 33.2. The largest absolute Gasteiger partial charge is 0.344 e. The number of nitrogens with zero attached hydrogens (tertiary/aromatic N) is 12. The van der Waals surface area contributed by atoms with Gasteiger partial charge in [-0.05, 0) is 226 Å². The van der Waals surface area contributed by atoms with Crippen LogP contribution in [0.5, 0.6) is 0 Å². The molecule has 0 saturated heterocycles. The Labute approximate surface area is 629 Å². The van der Waals surface area contributed by atoms with E-state index in [9.17, 15) is 0 Å². The summed E-state index contributed by atoms with van der Waals surface area (Å²) in [7, 11) is 8.29. The lowest BCUT2D eigenvalue weighted by Crippen LogP contribution is -2.27. The summed E-state index contributed by atoms with van der Waals surface area (Å²) in [5.74, 6) is 0. The number of likely N-dealkylation sites (N-methyl/N-ethyl adjacent to an activating group) is 4. The van der Waals surface area contributed by atoms with Crippen LogP contribution < -0.4 is 0 Å². The summed E-state index contributed by atoms with van der Waals surface area (Å²) in [6.07, 6.45) is 2.19. The molecule has 0 N–H and O–H groups in total. The molecule has 12 nitrogen and oxygen atoms in total. The smallest absolute Gasteiger partial charge is 0.0501 e. The fourth-order valence-electron chi connectivity index (χ4n) is 13.8. The molecule has 12 heteroatoms. The number of hydrogen-bond acceptors (Lipinski definition) is 8. The average Bonchev–Trinajstić information content (AvgIpc) is 1.58. The van der Waals surface area contributed by atoms with Gasteiger partial charge >= 0.3 is 0 Å². The summed E-state index contributed by atoms with van der Waals surface area (Å²) in [6, 6.07) is 36.3. The van der Waals surface area contributed by atoms with Gasteiger partial charge in [-0.3, -0.25) is 19.9 Å². The zero-order valence-corrected chi connectivity index (χ0v) is 56.6. The van der Waals surface area contributed by atoms with Gasteiger partial charge in [-0.2, -0.15) is 0 Å². The zero-order valence-electron chi connectivity index (χ0n) is 77.6. The average molecular weight is 1360 g/mol. The molecule has 528 valence electrons. The van der Waals surface area contributed by atoms with Crippen molar-refractivity contribution in [2.45, 2.75) is 188 Å². The van der Waals surface area contributed by atoms with Crippen LogP contribution in [-0.4, -0.2) is 112 Å². The summed E-state index contributed by atoms with van der Waals surface area (Å²) in [5.41, 5.74) is 18.5. The number of benzene rings is 4. The van der Waals surface area contributed by atoms with Gasteiger partial charge in [0.15, 0.2) is 0 Å². The van der Waals surface area contributed by atoms with Crippen molar-refractivity contribution in [3.8, 4) is 0 Å². The van der Waals surface area contributed by atoms with Crippen molar-refractivity contribution in [1.82, 2.24) is 57.8 Å². The predicted molar refractivity (Wildman–Crippen MR) is 424 cm³/mol. The van der Waals surface area contributed by atoms with Crippen LogP contribution in [0.15, 0.2) is 146 Å². The Hall–Kier alpha value is -8.52. The molecule has 12 heterocycles. The van der Waals surface area contributed by atoms with Crippen molar-refractivity contribution < 1.29 is 28.8 Å². The monoisotopic (exact) mass is 1360 g/mol. The van der Waals surface area contributed by atoms with Crippen LogP contribution in [0, 0.1) is 55.2 Å². The molecule has 4 aromatic carbocycles. The van der Waals surface area contributed by atoms with E-state index in [0.717, 1.165) is 148 Å². The molecule has 0 spiro atoms. The first kappa shape index (κ1) is 51.6. The maximum absolute atomic E-state index is 8.93. The van der Waals surface area contributed by atoms with E-state index in [1.165, 1.54) is 75.2 Å². The molecule has 0 aliphatic carbocycles. The summed E-state index contributed by atoms with van der Waals surface area (Å²) < 4.78 is 180. The summed E-state index contributed by atoms with van der Waals surface area (Å²) >= 11 is 0. The van der Waals surface area contributed by atoms with Crippen molar-refractivity contribution >= 4 is 43.6 Å². The van der Waals surface area contributed by atoms with Crippen LogP contribution in [0.2, 0.25) is 0 Å². The van der Waals surface area contributed by atoms with Gasteiger partial charge in [0.2, 0.25) is 0 Å². The van der Waals surface area contributed by atoms with Crippen LogP contribution in [0.3, 0.4) is 0 Å². The number of fused-ring (bicyclic) bond motifs is 12. The first-order chi connectivity index (χ1) is 54.6. The Bertz CT molecular complexity index is 5660. The van der Waals surface area contributed by atoms with Gasteiger partial charge in [-0.15, -0.1) is 0 Å². The fraction of sp³-hybridized carbons (Fsp3) is 0.409. The highest BCUT2D eigenvalue weighted by Gasteiger charge is 2.27. The van der Waals surface area contributed by atoms with E-state index in [4.69, 9.17) is 28.8 Å². The molecule has 0 atom stereocenters. The highest BCUT2D eigenvalue weighted by molar-refractivity contribution is 5.89. The quantitative estimate of drug-likeness (QED) is 0.120. The van der Waals surface area contributed by atoms with Crippen LogP contribution in [0.25, 0.3) is 43.6 Å². The van der Waals surface area contributed by atoms with Crippen LogP contribution in [0.4, 0.5) is 0 Å². The lowest BCUT2D eigenvalue weighted by molar-refractivity contribution is 0.309. The van der Waals surface area contributed by atoms with E-state index in [-0.39, 0.29) is 70.9 Å². The molecular formula is C88H116N12. The Morgan fingerprint density at radius 1 is 0.340 bits per heavy atom. The van der Waals surface area contributed by atoms with E-state index in [1.54, 1.807) is 28.8 Å². The highest BCUT2D eigenvalue weighted by Crippen LogP contribution is 2.36. The second kappa shape index (κ2) is 33.3. The van der Waals surface area contributed by atoms with E-state index in [0.29, 0.717) is 36.0 Å². The molecular weight excluding hydrogens is 1230 g/mol. The van der Waals surface area contributed by atoms with Gasteiger partial charge in [0.25, 0.3) is 0 Å². The van der Waals surface area contributed by atoms with Crippen LogP contribution in [-0.2, 0) is 103 Å². The van der Waals surface area contributed by atoms with E-state index in [1.807, 2.05) is 74.9 Å². The summed E-state index contributed by atoms with van der Waals surface area (Å²) in [6.45, 7) is 3.40. The highest BCUT2D eigenvalue weighted by atomic mass is 15.1.